The summed E-state index contributed by atoms with van der Waals surface area (Å²) in [7, 11) is -3.93. The van der Waals surface area contributed by atoms with E-state index in [1.807, 2.05) is 26.0 Å². The first kappa shape index (κ1) is 18.8. The van der Waals surface area contributed by atoms with E-state index in [1.54, 1.807) is 6.07 Å². The van der Waals surface area contributed by atoms with Gasteiger partial charge in [0.05, 0.1) is 6.10 Å². The Hall–Kier alpha value is -2.00. The van der Waals surface area contributed by atoms with Gasteiger partial charge >= 0.3 is 0 Å². The maximum Gasteiger partial charge on any atom is 0.295 e. The topological polar surface area (TPSA) is 98.2 Å². The lowest BCUT2D eigenvalue weighted by atomic mass is 10.1. The van der Waals surface area contributed by atoms with Crippen LogP contribution in [0.5, 0.6) is 5.19 Å². The third kappa shape index (κ3) is 3.88. The summed E-state index contributed by atoms with van der Waals surface area (Å²) in [5.74, 6) is -0.593. The fourth-order valence-corrected chi connectivity index (χ4v) is 5.21. The molecule has 0 aliphatic heterocycles. The van der Waals surface area contributed by atoms with Crippen LogP contribution in [0.3, 0.4) is 0 Å². The zero-order valence-corrected chi connectivity index (χ0v) is 16.5. The van der Waals surface area contributed by atoms with Crippen LogP contribution in [0, 0.1) is 0 Å². The number of carbonyl (C=O) groups is 1. The normalized spacial score (nSPS) is 14.9. The summed E-state index contributed by atoms with van der Waals surface area (Å²) >= 11 is 0.824. The quantitative estimate of drug-likeness (QED) is 0.807. The fraction of sp³-hybridized carbons (Fsp3) is 0.471. The Morgan fingerprint density at radius 3 is 2.65 bits per heavy atom. The summed E-state index contributed by atoms with van der Waals surface area (Å²) in [6.07, 6.45) is 3.00. The van der Waals surface area contributed by atoms with Crippen molar-refractivity contribution in [2.45, 2.75) is 55.7 Å². The molecule has 0 saturated heterocycles. The van der Waals surface area contributed by atoms with Crippen LogP contribution in [0.2, 0.25) is 0 Å². The van der Waals surface area contributed by atoms with Crippen molar-refractivity contribution in [3.63, 3.8) is 0 Å². The highest BCUT2D eigenvalue weighted by atomic mass is 32.2. The maximum atomic E-state index is 12.6. The first-order chi connectivity index (χ1) is 12.3. The van der Waals surface area contributed by atoms with Gasteiger partial charge in [-0.1, -0.05) is 11.2 Å². The predicted octanol–water partition coefficient (Wildman–Crippen LogP) is 2.61. The Kier molecular flexibility index (Phi) is 5.29. The second-order valence-corrected chi connectivity index (χ2v) is 9.90. The van der Waals surface area contributed by atoms with Crippen molar-refractivity contribution in [1.29, 1.82) is 0 Å². The van der Waals surface area contributed by atoms with Crippen molar-refractivity contribution in [3.8, 4) is 5.19 Å². The summed E-state index contributed by atoms with van der Waals surface area (Å²) in [6.45, 7) is 4.97. The van der Waals surface area contributed by atoms with Crippen molar-refractivity contribution < 1.29 is 17.9 Å². The van der Waals surface area contributed by atoms with Crippen molar-refractivity contribution in [2.24, 2.45) is 0 Å². The van der Waals surface area contributed by atoms with E-state index in [-0.39, 0.29) is 15.6 Å². The van der Waals surface area contributed by atoms with Gasteiger partial charge in [0, 0.05) is 5.69 Å². The van der Waals surface area contributed by atoms with Gasteiger partial charge in [-0.05, 0) is 74.6 Å². The highest BCUT2D eigenvalue weighted by Crippen LogP contribution is 2.28. The van der Waals surface area contributed by atoms with E-state index in [1.165, 1.54) is 18.1 Å². The van der Waals surface area contributed by atoms with Crippen molar-refractivity contribution in [2.75, 3.05) is 5.32 Å². The van der Waals surface area contributed by atoms with E-state index in [9.17, 15) is 13.2 Å². The Labute approximate surface area is 156 Å². The summed E-state index contributed by atoms with van der Waals surface area (Å²) in [6, 6.07) is 5.71. The molecule has 26 heavy (non-hydrogen) atoms. The van der Waals surface area contributed by atoms with Crippen molar-refractivity contribution in [1.82, 2.24) is 10.2 Å². The van der Waals surface area contributed by atoms with E-state index in [0.717, 1.165) is 30.6 Å². The van der Waals surface area contributed by atoms with Gasteiger partial charge in [-0.25, -0.2) is 8.42 Å². The lowest BCUT2D eigenvalue weighted by Gasteiger charge is -2.12. The van der Waals surface area contributed by atoms with Crippen LogP contribution in [-0.4, -0.2) is 35.9 Å². The molecule has 1 amide bonds. The lowest BCUT2D eigenvalue weighted by Crippen LogP contribution is -2.32. The Bertz CT molecular complexity index is 922. The zero-order chi connectivity index (χ0) is 18.9. The average molecular weight is 396 g/mol. The monoisotopic (exact) mass is 395 g/mol. The second-order valence-electron chi connectivity index (χ2n) is 6.51. The van der Waals surface area contributed by atoms with Gasteiger partial charge in [-0.2, -0.15) is 0 Å². The minimum absolute atomic E-state index is 0.140. The molecule has 2 aromatic rings. The Morgan fingerprint density at radius 2 is 1.92 bits per heavy atom. The summed E-state index contributed by atoms with van der Waals surface area (Å²) in [5, 5.41) is 8.98. The highest BCUT2D eigenvalue weighted by molar-refractivity contribution is 7.94. The van der Waals surface area contributed by atoms with E-state index in [2.05, 4.69) is 15.5 Å². The summed E-state index contributed by atoms with van der Waals surface area (Å²) < 4.78 is 30.4. The maximum absolute atomic E-state index is 12.6. The molecule has 0 radical (unpaired) electrons. The average Bonchev–Trinajstić information content (AvgIpc) is 3.22. The minimum Gasteiger partial charge on any atom is -0.466 e. The van der Waals surface area contributed by atoms with Crippen LogP contribution in [0.4, 0.5) is 5.69 Å². The number of fused-ring (bicyclic) bond motifs is 1. The van der Waals surface area contributed by atoms with Crippen LogP contribution < -0.4 is 10.1 Å². The standard InChI is InChI=1S/C17H21N3O4S2/c1-10(2)24-16-19-20-17(25-16)26(22,23)11(3)15(21)18-14-8-7-12-5-4-6-13(12)9-14/h7-11H,4-6H2,1-3H3,(H,18,21)/t11-/m1/s1. The molecule has 140 valence electrons. The van der Waals surface area contributed by atoms with E-state index in [0.29, 0.717) is 5.69 Å². The number of hydrogen-bond acceptors (Lipinski definition) is 7. The molecule has 0 spiro atoms. The Balaban J connectivity index is 1.73. The van der Waals surface area contributed by atoms with Crippen molar-refractivity contribution >= 4 is 32.8 Å². The van der Waals surface area contributed by atoms with Crippen molar-refractivity contribution in [3.05, 3.63) is 29.3 Å². The SMILES string of the molecule is CC(C)Oc1nnc(S(=O)(=O)[C@H](C)C(=O)Nc2ccc3c(c2)CCC3)s1. The van der Waals surface area contributed by atoms with E-state index in [4.69, 9.17) is 4.74 Å². The number of ether oxygens (including phenoxy) is 1. The van der Waals surface area contributed by atoms with Gasteiger partial charge in [0.2, 0.25) is 20.1 Å². The molecule has 1 aliphatic rings. The van der Waals surface area contributed by atoms with Crippen LogP contribution in [0.25, 0.3) is 0 Å². The number of nitrogens with zero attached hydrogens (tertiary/aromatic N) is 2. The molecule has 9 heteroatoms. The number of aryl methyl sites for hydroxylation is 2. The lowest BCUT2D eigenvalue weighted by molar-refractivity contribution is -0.115. The predicted molar refractivity (Wildman–Crippen MR) is 99.4 cm³/mol. The zero-order valence-electron chi connectivity index (χ0n) is 14.9. The van der Waals surface area contributed by atoms with Gasteiger partial charge < -0.3 is 10.1 Å². The number of sulfone groups is 1. The largest absolute Gasteiger partial charge is 0.466 e. The van der Waals surface area contributed by atoms with Gasteiger partial charge in [0.1, 0.15) is 5.25 Å². The number of aromatic nitrogens is 2. The first-order valence-corrected chi connectivity index (χ1v) is 10.8. The number of anilines is 1. The molecule has 1 heterocycles. The molecule has 1 atom stereocenters. The first-order valence-electron chi connectivity index (χ1n) is 8.44. The molecule has 0 saturated carbocycles. The van der Waals surface area contributed by atoms with Gasteiger partial charge in [-0.15, -0.1) is 5.10 Å². The van der Waals surface area contributed by atoms with Gasteiger partial charge in [0.25, 0.3) is 5.19 Å². The number of hydrogen-bond donors (Lipinski definition) is 1. The fourth-order valence-electron chi connectivity index (χ4n) is 2.75. The second kappa shape index (κ2) is 7.32. The number of carbonyl (C=O) groups excluding carboxylic acids is 1. The summed E-state index contributed by atoms with van der Waals surface area (Å²) in [4.78, 5) is 12.5. The third-order valence-electron chi connectivity index (χ3n) is 4.17. The minimum atomic E-state index is -3.93. The Morgan fingerprint density at radius 1 is 1.19 bits per heavy atom. The third-order valence-corrected chi connectivity index (χ3v) is 7.44. The number of nitrogens with one attached hydrogen (secondary N) is 1. The molecule has 1 aliphatic carbocycles. The van der Waals surface area contributed by atoms with Gasteiger partial charge in [-0.3, -0.25) is 4.79 Å². The molecule has 7 nitrogen and oxygen atoms in total. The van der Waals surface area contributed by atoms with Crippen LogP contribution in [0.1, 0.15) is 38.3 Å². The molecular formula is C17H21N3O4S2. The number of benzene rings is 1. The van der Waals surface area contributed by atoms with E-state index < -0.39 is 21.0 Å². The van der Waals surface area contributed by atoms with Crippen LogP contribution >= 0.6 is 11.3 Å². The van der Waals surface area contributed by atoms with Crippen LogP contribution in [-0.2, 0) is 27.5 Å². The molecule has 1 aromatic carbocycles. The summed E-state index contributed by atoms with van der Waals surface area (Å²) in [5.41, 5.74) is 3.10. The highest BCUT2D eigenvalue weighted by Gasteiger charge is 2.33. The molecule has 1 N–H and O–H groups in total. The number of rotatable bonds is 6. The smallest absolute Gasteiger partial charge is 0.295 e. The molecule has 0 bridgehead atoms. The molecule has 3 rings (SSSR count). The molecule has 1 aromatic heterocycles. The van der Waals surface area contributed by atoms with Crippen LogP contribution in [0.15, 0.2) is 22.5 Å². The molecule has 0 unspecified atom stereocenters. The van der Waals surface area contributed by atoms with E-state index >= 15 is 0 Å². The molecular weight excluding hydrogens is 374 g/mol. The number of amides is 1. The van der Waals surface area contributed by atoms with Gasteiger partial charge in [0.15, 0.2) is 0 Å². The molecule has 0 fully saturated rings.